The topological polar surface area (TPSA) is 135 Å². The van der Waals surface area contributed by atoms with E-state index in [9.17, 15) is 13.2 Å². The first-order valence-corrected chi connectivity index (χ1v) is 10.9. The summed E-state index contributed by atoms with van der Waals surface area (Å²) in [6.07, 6.45) is 3.11. The van der Waals surface area contributed by atoms with Gasteiger partial charge in [0.25, 0.3) is 10.1 Å². The summed E-state index contributed by atoms with van der Waals surface area (Å²) in [4.78, 5) is 15.9. The fourth-order valence-corrected chi connectivity index (χ4v) is 3.61. The number of anilines is 2. The molecule has 0 fully saturated rings. The van der Waals surface area contributed by atoms with Crippen molar-refractivity contribution in [1.82, 2.24) is 0 Å². The van der Waals surface area contributed by atoms with E-state index in [-0.39, 0.29) is 25.1 Å². The number of rotatable bonds is 8. The highest BCUT2D eigenvalue weighted by atomic mass is 32.2. The van der Waals surface area contributed by atoms with Gasteiger partial charge in [-0.3, -0.25) is 4.55 Å². The zero-order chi connectivity index (χ0) is 22.3. The van der Waals surface area contributed by atoms with Crippen molar-refractivity contribution < 1.29 is 22.5 Å². The monoisotopic (exact) mass is 430 g/mol. The van der Waals surface area contributed by atoms with E-state index in [1.807, 2.05) is 11.8 Å². The molecule has 1 aromatic rings. The first-order valence-electron chi connectivity index (χ1n) is 9.29. The maximum Gasteiger partial charge on any atom is 0.338 e. The minimum absolute atomic E-state index is 0.0837. The van der Waals surface area contributed by atoms with Gasteiger partial charge in [0.15, 0.2) is 0 Å². The molecule has 1 aromatic carbocycles. The Bertz CT molecular complexity index is 1050. The SMILES string of the molecule is CCOC(=O)c1ccc2c(c1)N(CCCS(=O)(=O)O)/C(=C\C=C(C#N)C#N)N2CC. The highest BCUT2D eigenvalue weighted by Gasteiger charge is 2.31. The Kier molecular flexibility index (Phi) is 7.59. The van der Waals surface area contributed by atoms with Crippen molar-refractivity contribution in [3.8, 4) is 12.1 Å². The van der Waals surface area contributed by atoms with E-state index < -0.39 is 21.8 Å². The Morgan fingerprint density at radius 3 is 2.47 bits per heavy atom. The Morgan fingerprint density at radius 1 is 1.20 bits per heavy atom. The molecule has 0 aliphatic carbocycles. The van der Waals surface area contributed by atoms with Crippen LogP contribution in [0.5, 0.6) is 0 Å². The lowest BCUT2D eigenvalue weighted by molar-refractivity contribution is 0.0526. The van der Waals surface area contributed by atoms with E-state index in [4.69, 9.17) is 19.8 Å². The number of hydrogen-bond acceptors (Lipinski definition) is 8. The quantitative estimate of drug-likeness (QED) is 0.375. The molecule has 0 radical (unpaired) electrons. The van der Waals surface area contributed by atoms with Crippen LogP contribution in [0.4, 0.5) is 11.4 Å². The number of nitriles is 2. The van der Waals surface area contributed by atoms with Crippen LogP contribution in [-0.4, -0.2) is 44.4 Å². The van der Waals surface area contributed by atoms with Gasteiger partial charge in [-0.15, -0.1) is 0 Å². The molecule has 0 saturated carbocycles. The standard InChI is InChI=1S/C20H22N4O5S/c1-3-23-17-8-7-16(20(25)29-4-2)12-18(17)24(10-5-11-30(26,27)28)19(23)9-6-15(13-21)14-22/h6-9,12H,3-5,10-11H2,1-2H3,(H,26,27,28)/b19-9-. The molecule has 158 valence electrons. The van der Waals surface area contributed by atoms with Crippen LogP contribution in [0.1, 0.15) is 30.6 Å². The molecule has 10 heteroatoms. The van der Waals surface area contributed by atoms with Gasteiger partial charge in [-0.1, -0.05) is 0 Å². The molecule has 30 heavy (non-hydrogen) atoms. The van der Waals surface area contributed by atoms with Crippen LogP contribution in [0.25, 0.3) is 0 Å². The number of fused-ring (bicyclic) bond motifs is 1. The molecular formula is C20H22N4O5S. The van der Waals surface area contributed by atoms with E-state index in [0.29, 0.717) is 23.6 Å². The number of hydrogen-bond donors (Lipinski definition) is 1. The van der Waals surface area contributed by atoms with Gasteiger partial charge < -0.3 is 14.5 Å². The van der Waals surface area contributed by atoms with Crippen LogP contribution in [0.15, 0.2) is 41.7 Å². The molecule has 0 bridgehead atoms. The van der Waals surface area contributed by atoms with Crippen LogP contribution >= 0.6 is 0 Å². The van der Waals surface area contributed by atoms with Crippen molar-refractivity contribution in [3.05, 3.63) is 47.3 Å². The molecule has 0 spiro atoms. The van der Waals surface area contributed by atoms with Gasteiger partial charge in [-0.25, -0.2) is 4.79 Å². The number of esters is 1. The maximum atomic E-state index is 12.2. The number of carbonyl (C=O) groups excluding carboxylic acids is 1. The normalized spacial score (nSPS) is 14.1. The van der Waals surface area contributed by atoms with Crippen molar-refractivity contribution in [3.63, 3.8) is 0 Å². The lowest BCUT2D eigenvalue weighted by Gasteiger charge is -2.24. The summed E-state index contributed by atoms with van der Waals surface area (Å²) >= 11 is 0. The highest BCUT2D eigenvalue weighted by Crippen LogP contribution is 2.42. The van der Waals surface area contributed by atoms with E-state index >= 15 is 0 Å². The third kappa shape index (κ3) is 5.38. The second-order valence-corrected chi connectivity index (χ2v) is 7.86. The van der Waals surface area contributed by atoms with Gasteiger partial charge in [0.2, 0.25) is 0 Å². The molecular weight excluding hydrogens is 408 g/mol. The second kappa shape index (κ2) is 9.92. The Labute approximate surface area is 175 Å². The first-order chi connectivity index (χ1) is 14.3. The molecule has 1 heterocycles. The second-order valence-electron chi connectivity index (χ2n) is 6.29. The van der Waals surface area contributed by atoms with Gasteiger partial charge >= 0.3 is 5.97 Å². The predicted molar refractivity (Wildman–Crippen MR) is 111 cm³/mol. The van der Waals surface area contributed by atoms with Crippen LogP contribution in [-0.2, 0) is 14.9 Å². The predicted octanol–water partition coefficient (Wildman–Crippen LogP) is 2.60. The molecule has 1 aliphatic heterocycles. The first kappa shape index (κ1) is 22.9. The minimum atomic E-state index is -4.12. The molecule has 0 aromatic heterocycles. The molecule has 2 rings (SSSR count). The van der Waals surface area contributed by atoms with E-state index in [0.717, 1.165) is 5.69 Å². The highest BCUT2D eigenvalue weighted by molar-refractivity contribution is 7.85. The third-order valence-electron chi connectivity index (χ3n) is 4.36. The van der Waals surface area contributed by atoms with Gasteiger partial charge in [0.05, 0.1) is 29.3 Å². The lowest BCUT2D eigenvalue weighted by atomic mass is 10.1. The van der Waals surface area contributed by atoms with Crippen molar-refractivity contribution in [2.75, 3.05) is 35.2 Å². The van der Waals surface area contributed by atoms with E-state index in [1.54, 1.807) is 48.2 Å². The number of nitrogens with zero attached hydrogens (tertiary/aromatic N) is 4. The number of carbonyl (C=O) groups is 1. The number of benzene rings is 1. The van der Waals surface area contributed by atoms with Crippen LogP contribution in [0, 0.1) is 22.7 Å². The molecule has 0 amide bonds. The van der Waals surface area contributed by atoms with Crippen molar-refractivity contribution >= 4 is 27.5 Å². The number of allylic oxidation sites excluding steroid dienone is 3. The zero-order valence-electron chi connectivity index (χ0n) is 16.7. The average Bonchev–Trinajstić information content (AvgIpc) is 3.00. The molecule has 0 unspecified atom stereocenters. The van der Waals surface area contributed by atoms with Gasteiger partial charge in [-0.05, 0) is 50.6 Å². The van der Waals surface area contributed by atoms with Crippen LogP contribution in [0.2, 0.25) is 0 Å². The smallest absolute Gasteiger partial charge is 0.338 e. The summed E-state index contributed by atoms with van der Waals surface area (Å²) in [5.41, 5.74) is 1.71. The summed E-state index contributed by atoms with van der Waals surface area (Å²) < 4.78 is 36.4. The number of ether oxygens (including phenoxy) is 1. The van der Waals surface area contributed by atoms with Crippen molar-refractivity contribution in [1.29, 1.82) is 10.5 Å². The fourth-order valence-electron chi connectivity index (χ4n) is 3.11. The summed E-state index contributed by atoms with van der Waals surface area (Å²) in [5, 5.41) is 18.0. The van der Waals surface area contributed by atoms with E-state index in [2.05, 4.69) is 0 Å². The molecule has 9 nitrogen and oxygen atoms in total. The Morgan fingerprint density at radius 2 is 1.90 bits per heavy atom. The summed E-state index contributed by atoms with van der Waals surface area (Å²) in [5.74, 6) is -0.283. The van der Waals surface area contributed by atoms with Crippen molar-refractivity contribution in [2.45, 2.75) is 20.3 Å². The van der Waals surface area contributed by atoms with Crippen LogP contribution < -0.4 is 9.80 Å². The molecule has 0 atom stereocenters. The van der Waals surface area contributed by atoms with Gasteiger partial charge in [0.1, 0.15) is 23.5 Å². The zero-order valence-corrected chi connectivity index (χ0v) is 17.5. The Hall–Kier alpha value is -3.34. The molecule has 1 N–H and O–H groups in total. The lowest BCUT2D eigenvalue weighted by Crippen LogP contribution is -2.29. The van der Waals surface area contributed by atoms with Gasteiger partial charge in [-0.2, -0.15) is 18.9 Å². The van der Waals surface area contributed by atoms with Crippen LogP contribution in [0.3, 0.4) is 0 Å². The summed E-state index contributed by atoms with van der Waals surface area (Å²) in [7, 11) is -4.12. The largest absolute Gasteiger partial charge is 0.462 e. The van der Waals surface area contributed by atoms with E-state index in [1.165, 1.54) is 6.08 Å². The van der Waals surface area contributed by atoms with Gasteiger partial charge in [0, 0.05) is 13.1 Å². The molecule has 1 aliphatic rings. The Balaban J connectivity index is 2.52. The minimum Gasteiger partial charge on any atom is -0.462 e. The fraction of sp³-hybridized carbons (Fsp3) is 0.350. The average molecular weight is 430 g/mol. The summed E-state index contributed by atoms with van der Waals surface area (Å²) in [6.45, 7) is 4.63. The maximum absolute atomic E-state index is 12.2. The third-order valence-corrected chi connectivity index (χ3v) is 5.17. The molecule has 0 saturated heterocycles. The summed E-state index contributed by atoms with van der Waals surface area (Å²) in [6, 6.07) is 8.65. The van der Waals surface area contributed by atoms with Crippen molar-refractivity contribution in [2.24, 2.45) is 0 Å².